The predicted octanol–water partition coefficient (Wildman–Crippen LogP) is 5.37. The van der Waals surface area contributed by atoms with Crippen LogP contribution < -0.4 is 10.1 Å². The van der Waals surface area contributed by atoms with Crippen LogP contribution in [0, 0.1) is 0 Å². The lowest BCUT2D eigenvalue weighted by Crippen LogP contribution is -2.32. The van der Waals surface area contributed by atoms with Crippen molar-refractivity contribution >= 4 is 45.1 Å². The number of aromatic nitrogens is 2. The molecule has 2 aromatic heterocycles. The molecular formula is C28H24ClN3O3. The Kier molecular flexibility index (Phi) is 6.29. The first-order chi connectivity index (χ1) is 17.0. The Bertz CT molecular complexity index is 1530. The average molecular weight is 486 g/mol. The average Bonchev–Trinajstić information content (AvgIpc) is 3.46. The molecule has 176 valence electrons. The zero-order valence-electron chi connectivity index (χ0n) is 19.2. The third kappa shape index (κ3) is 4.66. The molecular weight excluding hydrogens is 462 g/mol. The summed E-state index contributed by atoms with van der Waals surface area (Å²) in [5.41, 5.74) is 4.35. The van der Waals surface area contributed by atoms with Crippen molar-refractivity contribution in [2.24, 2.45) is 0 Å². The number of fused-ring (bicyclic) bond motifs is 2. The van der Waals surface area contributed by atoms with Gasteiger partial charge in [0.15, 0.2) is 0 Å². The topological polar surface area (TPSA) is 76.1 Å². The van der Waals surface area contributed by atoms with Gasteiger partial charge in [-0.25, -0.2) is 0 Å². The zero-order valence-corrected chi connectivity index (χ0v) is 19.9. The van der Waals surface area contributed by atoms with Crippen LogP contribution in [0.25, 0.3) is 21.8 Å². The van der Waals surface area contributed by atoms with Crippen molar-refractivity contribution in [3.63, 3.8) is 0 Å². The second kappa shape index (κ2) is 9.68. The van der Waals surface area contributed by atoms with Gasteiger partial charge in [-0.15, -0.1) is 0 Å². The van der Waals surface area contributed by atoms with E-state index < -0.39 is 11.7 Å². The fraction of sp³-hybridized carbons (Fsp3) is 0.143. The molecule has 0 aliphatic rings. The number of aromatic amines is 1. The molecule has 0 aliphatic heterocycles. The smallest absolute Gasteiger partial charge is 0.292 e. The molecule has 5 aromatic rings. The summed E-state index contributed by atoms with van der Waals surface area (Å²) in [7, 11) is 1.60. The highest BCUT2D eigenvalue weighted by Crippen LogP contribution is 2.27. The van der Waals surface area contributed by atoms with Crippen molar-refractivity contribution in [1.82, 2.24) is 14.9 Å². The van der Waals surface area contributed by atoms with Crippen LogP contribution in [0.5, 0.6) is 5.75 Å². The number of nitrogens with one attached hydrogen (secondary N) is 2. The van der Waals surface area contributed by atoms with E-state index in [9.17, 15) is 9.59 Å². The first-order valence-corrected chi connectivity index (χ1v) is 11.7. The summed E-state index contributed by atoms with van der Waals surface area (Å²) in [6.07, 6.45) is 4.30. The van der Waals surface area contributed by atoms with Crippen molar-refractivity contribution in [3.05, 3.63) is 101 Å². The van der Waals surface area contributed by atoms with Crippen LogP contribution in [0.15, 0.2) is 79.1 Å². The lowest BCUT2D eigenvalue weighted by Gasteiger charge is -2.07. The number of methoxy groups -OCH3 is 1. The molecule has 6 nitrogen and oxygen atoms in total. The van der Waals surface area contributed by atoms with E-state index in [1.807, 2.05) is 71.4 Å². The van der Waals surface area contributed by atoms with Crippen LogP contribution in [0.4, 0.5) is 0 Å². The molecule has 7 heteroatoms. The van der Waals surface area contributed by atoms with Gasteiger partial charge in [0, 0.05) is 52.9 Å². The summed E-state index contributed by atoms with van der Waals surface area (Å²) >= 11 is 6.02. The number of ketones is 1. The number of Topliss-reactive ketones (excluding diaryl/α,β-unsaturated/α-hetero) is 1. The number of para-hydroxylation sites is 1. The van der Waals surface area contributed by atoms with Gasteiger partial charge in [0.05, 0.1) is 18.2 Å². The van der Waals surface area contributed by atoms with E-state index in [1.54, 1.807) is 19.4 Å². The minimum absolute atomic E-state index is 0.362. The largest absolute Gasteiger partial charge is 0.497 e. The van der Waals surface area contributed by atoms with Gasteiger partial charge < -0.3 is 19.6 Å². The van der Waals surface area contributed by atoms with Gasteiger partial charge in [-0.05, 0) is 47.9 Å². The minimum atomic E-state index is -0.619. The molecule has 2 N–H and O–H groups in total. The number of carbonyl (C=O) groups excluding carboxylic acids is 2. The Morgan fingerprint density at radius 1 is 1.03 bits per heavy atom. The second-order valence-electron chi connectivity index (χ2n) is 8.37. The number of halogens is 1. The lowest BCUT2D eigenvalue weighted by atomic mass is 10.1. The van der Waals surface area contributed by atoms with E-state index >= 15 is 0 Å². The monoisotopic (exact) mass is 485 g/mol. The van der Waals surface area contributed by atoms with Crippen LogP contribution in [0.3, 0.4) is 0 Å². The molecule has 35 heavy (non-hydrogen) atoms. The Morgan fingerprint density at radius 2 is 1.83 bits per heavy atom. The van der Waals surface area contributed by atoms with Gasteiger partial charge in [-0.3, -0.25) is 9.59 Å². The van der Waals surface area contributed by atoms with Crippen LogP contribution in [-0.4, -0.2) is 34.9 Å². The summed E-state index contributed by atoms with van der Waals surface area (Å²) in [5.74, 6) is -0.504. The molecule has 0 saturated carbocycles. The van der Waals surface area contributed by atoms with Crippen molar-refractivity contribution in [3.8, 4) is 5.75 Å². The van der Waals surface area contributed by atoms with E-state index in [2.05, 4.69) is 10.3 Å². The van der Waals surface area contributed by atoms with E-state index in [4.69, 9.17) is 16.3 Å². The van der Waals surface area contributed by atoms with Gasteiger partial charge in [0.1, 0.15) is 5.75 Å². The number of H-pyrrole nitrogens is 1. The number of ether oxygens (including phenoxy) is 1. The van der Waals surface area contributed by atoms with Gasteiger partial charge >= 0.3 is 0 Å². The van der Waals surface area contributed by atoms with E-state index in [0.29, 0.717) is 41.2 Å². The van der Waals surface area contributed by atoms with Crippen molar-refractivity contribution in [2.45, 2.75) is 13.0 Å². The minimum Gasteiger partial charge on any atom is -0.497 e. The maximum atomic E-state index is 13.1. The standard InChI is InChI=1S/C28H24ClN3O3/c1-35-21-10-11-23-24(17-32(26(23)14-21)16-18-6-8-20(29)9-7-18)27(33)28(34)30-13-12-19-15-31-25-5-3-2-4-22(19)25/h2-11,14-15,17,31H,12-13,16H2,1H3,(H,30,34). The van der Waals surface area contributed by atoms with E-state index in [-0.39, 0.29) is 0 Å². The van der Waals surface area contributed by atoms with Crippen LogP contribution in [-0.2, 0) is 17.8 Å². The highest BCUT2D eigenvalue weighted by Gasteiger charge is 2.22. The fourth-order valence-corrected chi connectivity index (χ4v) is 4.47. The number of nitrogens with zero attached hydrogens (tertiary/aromatic N) is 1. The van der Waals surface area contributed by atoms with Crippen molar-refractivity contribution in [1.29, 1.82) is 0 Å². The molecule has 0 aliphatic carbocycles. The summed E-state index contributed by atoms with van der Waals surface area (Å²) in [5, 5.41) is 5.27. The molecule has 1 amide bonds. The molecule has 0 bridgehead atoms. The maximum absolute atomic E-state index is 13.1. The Balaban J connectivity index is 1.36. The van der Waals surface area contributed by atoms with E-state index in [1.165, 1.54) is 0 Å². The molecule has 3 aromatic carbocycles. The third-order valence-corrected chi connectivity index (χ3v) is 6.41. The van der Waals surface area contributed by atoms with Crippen LogP contribution in [0.2, 0.25) is 5.02 Å². The molecule has 0 spiro atoms. The molecule has 0 atom stereocenters. The third-order valence-electron chi connectivity index (χ3n) is 6.16. The quantitative estimate of drug-likeness (QED) is 0.229. The van der Waals surface area contributed by atoms with E-state index in [0.717, 1.165) is 27.5 Å². The number of carbonyl (C=O) groups is 2. The summed E-state index contributed by atoms with van der Waals surface area (Å²) in [4.78, 5) is 29.2. The van der Waals surface area contributed by atoms with Gasteiger partial charge in [-0.2, -0.15) is 0 Å². The maximum Gasteiger partial charge on any atom is 0.292 e. The van der Waals surface area contributed by atoms with Crippen molar-refractivity contribution in [2.75, 3.05) is 13.7 Å². The Morgan fingerprint density at radius 3 is 2.63 bits per heavy atom. The number of rotatable bonds is 8. The summed E-state index contributed by atoms with van der Waals surface area (Å²) in [6, 6.07) is 21.0. The van der Waals surface area contributed by atoms with Gasteiger partial charge in [0.25, 0.3) is 11.7 Å². The molecule has 0 radical (unpaired) electrons. The number of benzene rings is 3. The zero-order chi connectivity index (χ0) is 24.4. The Labute approximate surface area is 207 Å². The summed E-state index contributed by atoms with van der Waals surface area (Å²) < 4.78 is 7.33. The highest BCUT2D eigenvalue weighted by atomic mass is 35.5. The number of hydrogen-bond acceptors (Lipinski definition) is 3. The van der Waals surface area contributed by atoms with Crippen LogP contribution in [0.1, 0.15) is 21.5 Å². The number of amides is 1. The number of hydrogen-bond donors (Lipinski definition) is 2. The normalized spacial score (nSPS) is 11.1. The molecule has 0 saturated heterocycles. The first kappa shape index (κ1) is 22.7. The molecule has 0 unspecified atom stereocenters. The molecule has 5 rings (SSSR count). The molecule has 0 fully saturated rings. The summed E-state index contributed by atoms with van der Waals surface area (Å²) in [6.45, 7) is 0.889. The SMILES string of the molecule is COc1ccc2c(C(=O)C(=O)NCCc3c[nH]c4ccccc34)cn(Cc3ccc(Cl)cc3)c2c1. The fourth-order valence-electron chi connectivity index (χ4n) is 4.35. The van der Waals surface area contributed by atoms with Crippen molar-refractivity contribution < 1.29 is 14.3 Å². The lowest BCUT2D eigenvalue weighted by molar-refractivity contribution is -0.116. The highest BCUT2D eigenvalue weighted by molar-refractivity contribution is 6.45. The van der Waals surface area contributed by atoms with Crippen LogP contribution >= 0.6 is 11.6 Å². The molecule has 2 heterocycles. The van der Waals surface area contributed by atoms with Gasteiger partial charge in [0.2, 0.25) is 0 Å². The Hall–Kier alpha value is -4.03. The van der Waals surface area contributed by atoms with Gasteiger partial charge in [-0.1, -0.05) is 41.9 Å². The predicted molar refractivity (Wildman–Crippen MR) is 138 cm³/mol. The first-order valence-electron chi connectivity index (χ1n) is 11.3. The second-order valence-corrected chi connectivity index (χ2v) is 8.81.